The molecule has 0 atom stereocenters. The Balaban J connectivity index is 1.82. The average Bonchev–Trinajstić information content (AvgIpc) is 2.53. The number of ketones is 1. The van der Waals surface area contributed by atoms with Gasteiger partial charge in [0, 0.05) is 12.0 Å². The number of fused-ring (bicyclic) bond motifs is 1. The monoisotopic (exact) mass is 260 g/mol. The predicted octanol–water partition coefficient (Wildman–Crippen LogP) is 4.66. The maximum absolute atomic E-state index is 12.4. The molecule has 3 aromatic rings. The smallest absolute Gasteiger partial charge is 0.163 e. The van der Waals surface area contributed by atoms with Crippen LogP contribution in [0.2, 0.25) is 0 Å². The molecule has 3 aromatic carbocycles. The van der Waals surface area contributed by atoms with Crippen molar-refractivity contribution in [3.8, 4) is 0 Å². The van der Waals surface area contributed by atoms with Crippen LogP contribution in [-0.4, -0.2) is 5.78 Å². The van der Waals surface area contributed by atoms with Crippen LogP contribution in [0.15, 0.2) is 72.8 Å². The largest absolute Gasteiger partial charge is 0.294 e. The van der Waals surface area contributed by atoms with Gasteiger partial charge in [-0.1, -0.05) is 72.8 Å². The summed E-state index contributed by atoms with van der Waals surface area (Å²) in [4.78, 5) is 12.4. The van der Waals surface area contributed by atoms with Gasteiger partial charge in [0.25, 0.3) is 0 Å². The Kier molecular flexibility index (Phi) is 3.60. The number of hydrogen-bond donors (Lipinski definition) is 0. The molecule has 0 spiro atoms. The summed E-state index contributed by atoms with van der Waals surface area (Å²) in [6, 6.07) is 24.1. The number of Topliss-reactive ketones (excluding diaryl/α,β-unsaturated/α-hetero) is 1. The third-order valence-electron chi connectivity index (χ3n) is 3.57. The van der Waals surface area contributed by atoms with E-state index in [1.807, 2.05) is 60.7 Å². The molecule has 98 valence electrons. The predicted molar refractivity (Wildman–Crippen MR) is 83.0 cm³/mol. The zero-order valence-corrected chi connectivity index (χ0v) is 11.3. The molecule has 0 aliphatic rings. The summed E-state index contributed by atoms with van der Waals surface area (Å²) >= 11 is 0. The standard InChI is InChI=1S/C19H16O/c20-19(14-13-15-7-2-1-3-8-15)18-12-6-10-16-9-4-5-11-17(16)18/h1-12H,13-14H2. The van der Waals surface area contributed by atoms with Gasteiger partial charge in [-0.25, -0.2) is 0 Å². The number of rotatable bonds is 4. The first-order valence-corrected chi connectivity index (χ1v) is 6.89. The van der Waals surface area contributed by atoms with Gasteiger partial charge in [-0.3, -0.25) is 4.79 Å². The summed E-state index contributed by atoms with van der Waals surface area (Å²) in [5, 5.41) is 2.17. The molecule has 0 fully saturated rings. The van der Waals surface area contributed by atoms with Crippen LogP contribution in [0.4, 0.5) is 0 Å². The lowest BCUT2D eigenvalue weighted by Gasteiger charge is -2.06. The van der Waals surface area contributed by atoms with E-state index in [1.165, 1.54) is 5.56 Å². The molecule has 0 aliphatic carbocycles. The maximum atomic E-state index is 12.4. The van der Waals surface area contributed by atoms with Crippen LogP contribution in [0, 0.1) is 0 Å². The molecular formula is C19H16O. The van der Waals surface area contributed by atoms with Crippen molar-refractivity contribution in [1.29, 1.82) is 0 Å². The molecule has 0 saturated carbocycles. The van der Waals surface area contributed by atoms with Gasteiger partial charge in [0.05, 0.1) is 0 Å². The van der Waals surface area contributed by atoms with Crippen molar-refractivity contribution in [2.45, 2.75) is 12.8 Å². The maximum Gasteiger partial charge on any atom is 0.163 e. The quantitative estimate of drug-likeness (QED) is 0.624. The fourth-order valence-corrected chi connectivity index (χ4v) is 2.51. The molecule has 0 aromatic heterocycles. The fourth-order valence-electron chi connectivity index (χ4n) is 2.51. The Morgan fingerprint density at radius 2 is 1.45 bits per heavy atom. The molecule has 1 heteroatoms. The molecular weight excluding hydrogens is 244 g/mol. The lowest BCUT2D eigenvalue weighted by atomic mass is 9.97. The second-order valence-corrected chi connectivity index (χ2v) is 4.94. The summed E-state index contributed by atoms with van der Waals surface area (Å²) < 4.78 is 0. The molecule has 0 N–H and O–H groups in total. The van der Waals surface area contributed by atoms with Gasteiger partial charge < -0.3 is 0 Å². The Labute approximate surface area is 118 Å². The Morgan fingerprint density at radius 1 is 0.750 bits per heavy atom. The third-order valence-corrected chi connectivity index (χ3v) is 3.57. The highest BCUT2D eigenvalue weighted by atomic mass is 16.1. The van der Waals surface area contributed by atoms with E-state index in [1.54, 1.807) is 0 Å². The lowest BCUT2D eigenvalue weighted by Crippen LogP contribution is -2.02. The van der Waals surface area contributed by atoms with Crippen molar-refractivity contribution in [3.05, 3.63) is 83.9 Å². The van der Waals surface area contributed by atoms with Crippen molar-refractivity contribution in [3.63, 3.8) is 0 Å². The minimum atomic E-state index is 0.214. The summed E-state index contributed by atoms with van der Waals surface area (Å²) in [6.07, 6.45) is 1.35. The van der Waals surface area contributed by atoms with Crippen molar-refractivity contribution < 1.29 is 4.79 Å². The molecule has 20 heavy (non-hydrogen) atoms. The van der Waals surface area contributed by atoms with Crippen LogP contribution >= 0.6 is 0 Å². The van der Waals surface area contributed by atoms with Gasteiger partial charge in [-0.2, -0.15) is 0 Å². The van der Waals surface area contributed by atoms with Crippen molar-refractivity contribution in [1.82, 2.24) is 0 Å². The van der Waals surface area contributed by atoms with Crippen molar-refractivity contribution in [2.75, 3.05) is 0 Å². The molecule has 0 saturated heterocycles. The van der Waals surface area contributed by atoms with Gasteiger partial charge in [-0.15, -0.1) is 0 Å². The van der Waals surface area contributed by atoms with E-state index < -0.39 is 0 Å². The van der Waals surface area contributed by atoms with Gasteiger partial charge in [-0.05, 0) is 22.8 Å². The number of hydrogen-bond acceptors (Lipinski definition) is 1. The van der Waals surface area contributed by atoms with Gasteiger partial charge in [0.1, 0.15) is 0 Å². The Bertz CT molecular complexity index is 724. The van der Waals surface area contributed by atoms with Crippen LogP contribution < -0.4 is 0 Å². The van der Waals surface area contributed by atoms with Gasteiger partial charge in [0.2, 0.25) is 0 Å². The molecule has 1 nitrogen and oxygen atoms in total. The van der Waals surface area contributed by atoms with Crippen LogP contribution in [-0.2, 0) is 6.42 Å². The van der Waals surface area contributed by atoms with Gasteiger partial charge in [0.15, 0.2) is 5.78 Å². The van der Waals surface area contributed by atoms with E-state index in [2.05, 4.69) is 12.1 Å². The molecule has 0 aliphatic heterocycles. The second-order valence-electron chi connectivity index (χ2n) is 4.94. The van der Waals surface area contributed by atoms with E-state index in [0.29, 0.717) is 6.42 Å². The summed E-state index contributed by atoms with van der Waals surface area (Å²) in [5.74, 6) is 0.214. The highest BCUT2D eigenvalue weighted by Crippen LogP contribution is 2.20. The zero-order valence-electron chi connectivity index (χ0n) is 11.3. The average molecular weight is 260 g/mol. The lowest BCUT2D eigenvalue weighted by molar-refractivity contribution is 0.0984. The van der Waals surface area contributed by atoms with Crippen LogP contribution in [0.5, 0.6) is 0 Å². The third kappa shape index (κ3) is 2.62. The minimum absolute atomic E-state index is 0.214. The molecule has 0 amide bonds. The fraction of sp³-hybridized carbons (Fsp3) is 0.105. The number of aryl methyl sites for hydroxylation is 1. The highest BCUT2D eigenvalue weighted by Gasteiger charge is 2.09. The second kappa shape index (κ2) is 5.70. The first-order valence-electron chi connectivity index (χ1n) is 6.89. The van der Waals surface area contributed by atoms with E-state index in [4.69, 9.17) is 0 Å². The number of benzene rings is 3. The van der Waals surface area contributed by atoms with Gasteiger partial charge >= 0.3 is 0 Å². The molecule has 0 heterocycles. The summed E-state index contributed by atoms with van der Waals surface area (Å²) in [6.45, 7) is 0. The molecule has 0 bridgehead atoms. The zero-order chi connectivity index (χ0) is 13.8. The topological polar surface area (TPSA) is 17.1 Å². The van der Waals surface area contributed by atoms with Crippen molar-refractivity contribution >= 4 is 16.6 Å². The molecule has 3 rings (SSSR count). The SMILES string of the molecule is O=C(CCc1ccccc1)c1cccc2ccccc12. The Hall–Kier alpha value is -2.41. The first-order chi connectivity index (χ1) is 9.84. The normalized spacial score (nSPS) is 10.6. The first kappa shape index (κ1) is 12.6. The van der Waals surface area contributed by atoms with Crippen LogP contribution in [0.1, 0.15) is 22.3 Å². The van der Waals surface area contributed by atoms with E-state index >= 15 is 0 Å². The van der Waals surface area contributed by atoms with Crippen LogP contribution in [0.25, 0.3) is 10.8 Å². The summed E-state index contributed by atoms with van der Waals surface area (Å²) in [5.41, 5.74) is 2.04. The number of carbonyl (C=O) groups is 1. The van der Waals surface area contributed by atoms with E-state index in [9.17, 15) is 4.79 Å². The molecule has 0 unspecified atom stereocenters. The Morgan fingerprint density at radius 3 is 2.30 bits per heavy atom. The van der Waals surface area contributed by atoms with E-state index in [-0.39, 0.29) is 5.78 Å². The van der Waals surface area contributed by atoms with Crippen molar-refractivity contribution in [2.24, 2.45) is 0 Å². The van der Waals surface area contributed by atoms with Crippen LogP contribution in [0.3, 0.4) is 0 Å². The number of carbonyl (C=O) groups excluding carboxylic acids is 1. The molecule has 0 radical (unpaired) electrons. The minimum Gasteiger partial charge on any atom is -0.294 e. The van der Waals surface area contributed by atoms with E-state index in [0.717, 1.165) is 22.8 Å². The highest BCUT2D eigenvalue weighted by molar-refractivity contribution is 6.08. The summed E-state index contributed by atoms with van der Waals surface area (Å²) in [7, 11) is 0.